The molecule has 0 saturated carbocycles. The molecule has 0 N–H and O–H groups in total. The van der Waals surface area contributed by atoms with Gasteiger partial charge in [-0.05, 0) is 17.2 Å². The predicted octanol–water partition coefficient (Wildman–Crippen LogP) is 4.40. The van der Waals surface area contributed by atoms with E-state index in [1.54, 1.807) is 30.3 Å². The number of alkyl halides is 3. The molecule has 2 aromatic rings. The molecule has 116 valence electrons. The first-order valence-electron chi connectivity index (χ1n) is 6.70. The number of carbonyl (C=O) groups excluding carboxylic acids is 1. The van der Waals surface area contributed by atoms with Gasteiger partial charge in [-0.3, -0.25) is 4.79 Å². The van der Waals surface area contributed by atoms with Gasteiger partial charge < -0.3 is 4.74 Å². The predicted molar refractivity (Wildman–Crippen MR) is 76.4 cm³/mol. The zero-order chi connectivity index (χ0) is 16.2. The minimum Gasteiger partial charge on any atom is -0.469 e. The van der Waals surface area contributed by atoms with Crippen LogP contribution in [-0.4, -0.2) is 13.1 Å². The lowest BCUT2D eigenvalue weighted by molar-refractivity contribution is -0.140. The van der Waals surface area contributed by atoms with Crippen LogP contribution >= 0.6 is 0 Å². The quantitative estimate of drug-likeness (QED) is 0.783. The summed E-state index contributed by atoms with van der Waals surface area (Å²) in [6.45, 7) is 0. The fourth-order valence-corrected chi connectivity index (χ4v) is 2.30. The molecular weight excluding hydrogens is 293 g/mol. The molecule has 0 saturated heterocycles. The van der Waals surface area contributed by atoms with Gasteiger partial charge in [0.2, 0.25) is 0 Å². The number of carbonyl (C=O) groups is 1. The van der Waals surface area contributed by atoms with Gasteiger partial charge in [-0.15, -0.1) is 0 Å². The summed E-state index contributed by atoms with van der Waals surface area (Å²) < 4.78 is 43.3. The van der Waals surface area contributed by atoms with E-state index in [1.807, 2.05) is 6.07 Å². The van der Waals surface area contributed by atoms with Crippen molar-refractivity contribution in [3.8, 4) is 0 Å². The second-order valence-corrected chi connectivity index (χ2v) is 4.87. The van der Waals surface area contributed by atoms with E-state index < -0.39 is 23.6 Å². The Morgan fingerprint density at radius 2 is 1.68 bits per heavy atom. The van der Waals surface area contributed by atoms with E-state index in [4.69, 9.17) is 0 Å². The molecule has 0 radical (unpaired) electrons. The lowest BCUT2D eigenvalue weighted by Crippen LogP contribution is -2.12. The SMILES string of the molecule is COC(=O)CC(c1ccccc1)c1cccc(C(F)(F)F)c1. The molecule has 2 nitrogen and oxygen atoms in total. The second kappa shape index (κ2) is 6.64. The summed E-state index contributed by atoms with van der Waals surface area (Å²) in [5.74, 6) is -0.942. The summed E-state index contributed by atoms with van der Waals surface area (Å²) in [6, 6.07) is 14.0. The third kappa shape index (κ3) is 3.87. The fourth-order valence-electron chi connectivity index (χ4n) is 2.30. The highest BCUT2D eigenvalue weighted by Crippen LogP contribution is 2.34. The Bertz CT molecular complexity index is 636. The summed E-state index contributed by atoms with van der Waals surface area (Å²) in [7, 11) is 1.26. The molecule has 0 heterocycles. The van der Waals surface area contributed by atoms with Gasteiger partial charge in [0.25, 0.3) is 0 Å². The highest BCUT2D eigenvalue weighted by molar-refractivity contribution is 5.71. The van der Waals surface area contributed by atoms with Gasteiger partial charge in [0, 0.05) is 5.92 Å². The average molecular weight is 308 g/mol. The Morgan fingerprint density at radius 3 is 2.27 bits per heavy atom. The largest absolute Gasteiger partial charge is 0.469 e. The first-order valence-corrected chi connectivity index (χ1v) is 6.70. The summed E-state index contributed by atoms with van der Waals surface area (Å²) in [5, 5.41) is 0. The van der Waals surface area contributed by atoms with Crippen molar-refractivity contribution in [2.75, 3.05) is 7.11 Å². The van der Waals surface area contributed by atoms with Crippen LogP contribution in [0.4, 0.5) is 13.2 Å². The standard InChI is InChI=1S/C17H15F3O2/c1-22-16(21)11-15(12-6-3-2-4-7-12)13-8-5-9-14(10-13)17(18,19)20/h2-10,15H,11H2,1H3. The lowest BCUT2D eigenvalue weighted by Gasteiger charge is -2.18. The van der Waals surface area contributed by atoms with Crippen LogP contribution < -0.4 is 0 Å². The summed E-state index contributed by atoms with van der Waals surface area (Å²) in [6.07, 6.45) is -4.43. The molecule has 1 unspecified atom stereocenters. The van der Waals surface area contributed by atoms with Gasteiger partial charge in [-0.1, -0.05) is 48.5 Å². The maximum Gasteiger partial charge on any atom is 0.416 e. The molecule has 0 bridgehead atoms. The van der Waals surface area contributed by atoms with Crippen molar-refractivity contribution in [1.29, 1.82) is 0 Å². The number of rotatable bonds is 4. The second-order valence-electron chi connectivity index (χ2n) is 4.87. The topological polar surface area (TPSA) is 26.3 Å². The number of methoxy groups -OCH3 is 1. The summed E-state index contributed by atoms with van der Waals surface area (Å²) in [5.41, 5.74) is 0.481. The Kier molecular flexibility index (Phi) is 4.85. The van der Waals surface area contributed by atoms with E-state index in [1.165, 1.54) is 13.2 Å². The van der Waals surface area contributed by atoms with E-state index in [0.717, 1.165) is 17.7 Å². The molecule has 0 aliphatic rings. The third-order valence-corrected chi connectivity index (χ3v) is 3.42. The van der Waals surface area contributed by atoms with Crippen LogP contribution in [0.2, 0.25) is 0 Å². The maximum atomic E-state index is 12.9. The third-order valence-electron chi connectivity index (χ3n) is 3.42. The average Bonchev–Trinajstić information content (AvgIpc) is 2.52. The molecule has 0 aliphatic heterocycles. The number of hydrogen-bond donors (Lipinski definition) is 0. The van der Waals surface area contributed by atoms with Crippen LogP contribution in [0.5, 0.6) is 0 Å². The Labute approximate surface area is 126 Å². The van der Waals surface area contributed by atoms with Crippen molar-refractivity contribution >= 4 is 5.97 Å². The molecular formula is C17H15F3O2. The van der Waals surface area contributed by atoms with Gasteiger partial charge in [-0.2, -0.15) is 13.2 Å². The molecule has 2 aromatic carbocycles. The first-order chi connectivity index (χ1) is 10.4. The molecule has 2 rings (SSSR count). The molecule has 0 spiro atoms. The number of halogens is 3. The van der Waals surface area contributed by atoms with Crippen molar-refractivity contribution in [3.05, 3.63) is 71.3 Å². The van der Waals surface area contributed by atoms with Crippen LogP contribution in [-0.2, 0) is 15.7 Å². The first kappa shape index (κ1) is 16.1. The minimum absolute atomic E-state index is 0.0121. The molecule has 0 aromatic heterocycles. The van der Waals surface area contributed by atoms with E-state index in [0.29, 0.717) is 5.56 Å². The maximum absolute atomic E-state index is 12.9. The molecule has 0 amide bonds. The number of esters is 1. The van der Waals surface area contributed by atoms with Crippen LogP contribution in [0.25, 0.3) is 0 Å². The summed E-state index contributed by atoms with van der Waals surface area (Å²) in [4.78, 5) is 11.6. The number of hydrogen-bond acceptors (Lipinski definition) is 2. The summed E-state index contributed by atoms with van der Waals surface area (Å²) >= 11 is 0. The van der Waals surface area contributed by atoms with Crippen molar-refractivity contribution in [2.45, 2.75) is 18.5 Å². The zero-order valence-electron chi connectivity index (χ0n) is 11.9. The molecule has 0 aliphatic carbocycles. The van der Waals surface area contributed by atoms with Crippen molar-refractivity contribution in [1.82, 2.24) is 0 Å². The molecule has 22 heavy (non-hydrogen) atoms. The van der Waals surface area contributed by atoms with Crippen LogP contribution in [0, 0.1) is 0 Å². The van der Waals surface area contributed by atoms with E-state index in [-0.39, 0.29) is 6.42 Å². The van der Waals surface area contributed by atoms with Crippen molar-refractivity contribution < 1.29 is 22.7 Å². The van der Waals surface area contributed by atoms with Gasteiger partial charge >= 0.3 is 12.1 Å². The van der Waals surface area contributed by atoms with E-state index in [2.05, 4.69) is 4.74 Å². The Hall–Kier alpha value is -2.30. The van der Waals surface area contributed by atoms with Gasteiger partial charge in [-0.25, -0.2) is 0 Å². The minimum atomic E-state index is -4.41. The van der Waals surface area contributed by atoms with Crippen LogP contribution in [0.15, 0.2) is 54.6 Å². The van der Waals surface area contributed by atoms with Crippen molar-refractivity contribution in [3.63, 3.8) is 0 Å². The molecule has 1 atom stereocenters. The van der Waals surface area contributed by atoms with Gasteiger partial charge in [0.15, 0.2) is 0 Å². The highest BCUT2D eigenvalue weighted by atomic mass is 19.4. The van der Waals surface area contributed by atoms with Crippen LogP contribution in [0.3, 0.4) is 0 Å². The van der Waals surface area contributed by atoms with E-state index >= 15 is 0 Å². The normalized spacial score (nSPS) is 12.7. The van der Waals surface area contributed by atoms with Gasteiger partial charge in [0.05, 0.1) is 19.1 Å². The van der Waals surface area contributed by atoms with E-state index in [9.17, 15) is 18.0 Å². The number of benzene rings is 2. The molecule has 5 heteroatoms. The van der Waals surface area contributed by atoms with Crippen molar-refractivity contribution in [2.24, 2.45) is 0 Å². The monoisotopic (exact) mass is 308 g/mol. The highest BCUT2D eigenvalue weighted by Gasteiger charge is 2.31. The van der Waals surface area contributed by atoms with Gasteiger partial charge in [0.1, 0.15) is 0 Å². The Morgan fingerprint density at radius 1 is 1.05 bits per heavy atom. The van der Waals surface area contributed by atoms with Crippen LogP contribution in [0.1, 0.15) is 29.0 Å². The number of ether oxygens (including phenoxy) is 1. The zero-order valence-corrected chi connectivity index (χ0v) is 11.9. The fraction of sp³-hybridized carbons (Fsp3) is 0.235. The molecule has 0 fully saturated rings. The smallest absolute Gasteiger partial charge is 0.416 e. The Balaban J connectivity index is 2.43. The lowest BCUT2D eigenvalue weighted by atomic mass is 9.88.